The maximum absolute atomic E-state index is 12.1. The van der Waals surface area contributed by atoms with Crippen LogP contribution in [0.1, 0.15) is 25.7 Å². The van der Waals surface area contributed by atoms with Crippen molar-refractivity contribution in [3.63, 3.8) is 0 Å². The van der Waals surface area contributed by atoms with Gasteiger partial charge < -0.3 is 14.7 Å². The van der Waals surface area contributed by atoms with E-state index in [0.717, 1.165) is 45.4 Å². The van der Waals surface area contributed by atoms with Gasteiger partial charge in [0.2, 0.25) is 5.91 Å². The SMILES string of the molecule is CN(CC1CCOCC1)C(=O)C1(CO)CC1. The molecule has 16 heavy (non-hydrogen) atoms. The topological polar surface area (TPSA) is 49.8 Å². The lowest BCUT2D eigenvalue weighted by Gasteiger charge is -2.29. The lowest BCUT2D eigenvalue weighted by atomic mass is 9.98. The molecule has 4 heteroatoms. The molecule has 2 aliphatic rings. The van der Waals surface area contributed by atoms with Crippen LogP contribution in [-0.2, 0) is 9.53 Å². The van der Waals surface area contributed by atoms with Crippen molar-refractivity contribution in [2.24, 2.45) is 11.3 Å². The van der Waals surface area contributed by atoms with Gasteiger partial charge in [-0.05, 0) is 31.6 Å². The van der Waals surface area contributed by atoms with E-state index < -0.39 is 5.41 Å². The predicted molar refractivity (Wildman–Crippen MR) is 59.9 cm³/mol. The average molecular weight is 227 g/mol. The quantitative estimate of drug-likeness (QED) is 0.767. The van der Waals surface area contributed by atoms with Gasteiger partial charge in [-0.3, -0.25) is 4.79 Å². The number of hydrogen-bond donors (Lipinski definition) is 1. The van der Waals surface area contributed by atoms with Crippen LogP contribution in [-0.4, -0.2) is 49.3 Å². The fraction of sp³-hybridized carbons (Fsp3) is 0.917. The Balaban J connectivity index is 1.82. The number of rotatable bonds is 4. The molecule has 2 rings (SSSR count). The van der Waals surface area contributed by atoms with Gasteiger partial charge in [0, 0.05) is 26.8 Å². The summed E-state index contributed by atoms with van der Waals surface area (Å²) in [5.74, 6) is 0.693. The van der Waals surface area contributed by atoms with Crippen molar-refractivity contribution in [3.05, 3.63) is 0 Å². The van der Waals surface area contributed by atoms with Crippen molar-refractivity contribution in [3.8, 4) is 0 Å². The summed E-state index contributed by atoms with van der Waals surface area (Å²) in [5, 5.41) is 9.21. The van der Waals surface area contributed by atoms with Gasteiger partial charge in [0.25, 0.3) is 0 Å². The molecule has 92 valence electrons. The Kier molecular flexibility index (Phi) is 3.50. The number of amides is 1. The Hall–Kier alpha value is -0.610. The van der Waals surface area contributed by atoms with E-state index in [1.54, 1.807) is 4.90 Å². The van der Waals surface area contributed by atoms with Gasteiger partial charge in [-0.15, -0.1) is 0 Å². The van der Waals surface area contributed by atoms with E-state index in [0.29, 0.717) is 5.92 Å². The molecule has 0 aromatic rings. The van der Waals surface area contributed by atoms with Crippen molar-refractivity contribution in [2.45, 2.75) is 25.7 Å². The predicted octanol–water partition coefficient (Wildman–Crippen LogP) is 0.644. The highest BCUT2D eigenvalue weighted by Crippen LogP contribution is 2.46. The van der Waals surface area contributed by atoms with Crippen molar-refractivity contribution >= 4 is 5.91 Å². The molecule has 0 aromatic carbocycles. The van der Waals surface area contributed by atoms with E-state index in [9.17, 15) is 9.90 Å². The number of aliphatic hydroxyl groups excluding tert-OH is 1. The van der Waals surface area contributed by atoms with Crippen LogP contribution in [0.5, 0.6) is 0 Å². The second-order valence-electron chi connectivity index (χ2n) is 5.18. The van der Waals surface area contributed by atoms with Crippen LogP contribution in [0.2, 0.25) is 0 Å². The standard InChI is InChI=1S/C12H21NO3/c1-13(8-10-2-6-16-7-3-10)11(15)12(9-14)4-5-12/h10,14H,2-9H2,1H3. The van der Waals surface area contributed by atoms with Gasteiger partial charge in [0.05, 0.1) is 12.0 Å². The second kappa shape index (κ2) is 4.72. The van der Waals surface area contributed by atoms with Crippen LogP contribution in [0.4, 0.5) is 0 Å². The molecular weight excluding hydrogens is 206 g/mol. The van der Waals surface area contributed by atoms with Gasteiger partial charge in [0.15, 0.2) is 0 Å². The van der Waals surface area contributed by atoms with Crippen molar-refractivity contribution in [1.82, 2.24) is 4.90 Å². The van der Waals surface area contributed by atoms with E-state index in [-0.39, 0.29) is 12.5 Å². The van der Waals surface area contributed by atoms with E-state index in [4.69, 9.17) is 4.74 Å². The number of nitrogens with zero attached hydrogens (tertiary/aromatic N) is 1. The molecule has 1 saturated carbocycles. The molecule has 0 aromatic heterocycles. The summed E-state index contributed by atoms with van der Waals surface area (Å²) in [7, 11) is 1.85. The lowest BCUT2D eigenvalue weighted by molar-refractivity contribution is -0.138. The zero-order valence-corrected chi connectivity index (χ0v) is 9.95. The molecule has 1 N–H and O–H groups in total. The highest BCUT2D eigenvalue weighted by molar-refractivity contribution is 5.85. The first kappa shape index (κ1) is 11.9. The van der Waals surface area contributed by atoms with Crippen LogP contribution in [0.3, 0.4) is 0 Å². The van der Waals surface area contributed by atoms with E-state index in [1.165, 1.54) is 0 Å². The van der Waals surface area contributed by atoms with Crippen LogP contribution in [0.25, 0.3) is 0 Å². The molecule has 0 radical (unpaired) electrons. The molecule has 0 unspecified atom stereocenters. The maximum atomic E-state index is 12.1. The molecule has 0 spiro atoms. The normalized spacial score (nSPS) is 24.1. The monoisotopic (exact) mass is 227 g/mol. The number of hydrogen-bond acceptors (Lipinski definition) is 3. The molecule has 1 heterocycles. The number of ether oxygens (including phenoxy) is 1. The minimum absolute atomic E-state index is 0.00392. The largest absolute Gasteiger partial charge is 0.395 e. The average Bonchev–Trinajstić information content (AvgIpc) is 3.10. The smallest absolute Gasteiger partial charge is 0.230 e. The van der Waals surface area contributed by atoms with Crippen LogP contribution in [0, 0.1) is 11.3 Å². The van der Waals surface area contributed by atoms with Gasteiger partial charge in [-0.25, -0.2) is 0 Å². The Morgan fingerprint density at radius 1 is 1.44 bits per heavy atom. The second-order valence-corrected chi connectivity index (χ2v) is 5.18. The summed E-state index contributed by atoms with van der Waals surface area (Å²) in [5.41, 5.74) is -0.417. The van der Waals surface area contributed by atoms with Crippen LogP contribution >= 0.6 is 0 Å². The number of carbonyl (C=O) groups excluding carboxylic acids is 1. The summed E-state index contributed by atoms with van der Waals surface area (Å²) in [6.45, 7) is 2.45. The molecule has 4 nitrogen and oxygen atoms in total. The molecule has 1 saturated heterocycles. The molecule has 2 fully saturated rings. The first-order valence-corrected chi connectivity index (χ1v) is 6.12. The van der Waals surface area contributed by atoms with Gasteiger partial charge in [-0.1, -0.05) is 0 Å². The zero-order valence-electron chi connectivity index (χ0n) is 9.95. The van der Waals surface area contributed by atoms with Crippen molar-refractivity contribution in [2.75, 3.05) is 33.4 Å². The van der Waals surface area contributed by atoms with Crippen molar-refractivity contribution in [1.29, 1.82) is 0 Å². The summed E-state index contributed by atoms with van der Waals surface area (Å²) in [6, 6.07) is 0. The molecule has 1 aliphatic heterocycles. The first-order valence-electron chi connectivity index (χ1n) is 6.12. The number of aliphatic hydroxyl groups is 1. The van der Waals surface area contributed by atoms with Crippen LogP contribution in [0.15, 0.2) is 0 Å². The van der Waals surface area contributed by atoms with Gasteiger partial charge in [0.1, 0.15) is 0 Å². The Morgan fingerprint density at radius 3 is 2.56 bits per heavy atom. The highest BCUT2D eigenvalue weighted by Gasteiger charge is 2.50. The summed E-state index contributed by atoms with van der Waals surface area (Å²) in [6.07, 6.45) is 3.79. The van der Waals surface area contributed by atoms with Crippen LogP contribution < -0.4 is 0 Å². The van der Waals surface area contributed by atoms with E-state index in [1.807, 2.05) is 7.05 Å². The summed E-state index contributed by atoms with van der Waals surface area (Å²) in [4.78, 5) is 13.9. The minimum atomic E-state index is -0.417. The van der Waals surface area contributed by atoms with E-state index >= 15 is 0 Å². The Labute approximate surface area is 96.6 Å². The highest BCUT2D eigenvalue weighted by atomic mass is 16.5. The Bertz CT molecular complexity index is 257. The minimum Gasteiger partial charge on any atom is -0.395 e. The lowest BCUT2D eigenvalue weighted by Crippen LogP contribution is -2.40. The number of carbonyl (C=O) groups is 1. The molecule has 1 aliphatic carbocycles. The molecule has 0 atom stereocenters. The fourth-order valence-electron chi connectivity index (χ4n) is 2.39. The molecule has 1 amide bonds. The summed E-state index contributed by atoms with van der Waals surface area (Å²) < 4.78 is 5.30. The third kappa shape index (κ3) is 2.38. The molecular formula is C12H21NO3. The molecule has 0 bridgehead atoms. The van der Waals surface area contributed by atoms with Crippen molar-refractivity contribution < 1.29 is 14.6 Å². The Morgan fingerprint density at radius 2 is 2.06 bits per heavy atom. The maximum Gasteiger partial charge on any atom is 0.230 e. The fourth-order valence-corrected chi connectivity index (χ4v) is 2.39. The summed E-state index contributed by atoms with van der Waals surface area (Å²) >= 11 is 0. The third-order valence-corrected chi connectivity index (χ3v) is 3.83. The van der Waals surface area contributed by atoms with E-state index in [2.05, 4.69) is 0 Å². The van der Waals surface area contributed by atoms with Gasteiger partial charge >= 0.3 is 0 Å². The third-order valence-electron chi connectivity index (χ3n) is 3.83. The first-order chi connectivity index (χ1) is 7.68. The zero-order chi connectivity index (χ0) is 11.6. The van der Waals surface area contributed by atoms with Gasteiger partial charge in [-0.2, -0.15) is 0 Å².